The topological polar surface area (TPSA) is 3.24 Å². The lowest BCUT2D eigenvalue weighted by molar-refractivity contribution is 0.332. The van der Waals surface area contributed by atoms with Crippen LogP contribution in [-0.4, -0.2) is 24.5 Å². The van der Waals surface area contributed by atoms with Gasteiger partial charge in [-0.2, -0.15) is 0 Å². The Morgan fingerprint density at radius 2 is 2.07 bits per heavy atom. The predicted octanol–water partition coefficient (Wildman–Crippen LogP) is 2.57. The molecule has 0 saturated carbocycles. The molecule has 0 spiro atoms. The summed E-state index contributed by atoms with van der Waals surface area (Å²) in [6.07, 6.45) is 2.59. The minimum Gasteiger partial charge on any atom is -0.303 e. The molecule has 1 fully saturated rings. The minimum absolute atomic E-state index is 0.908. The van der Waals surface area contributed by atoms with Crippen molar-refractivity contribution in [3.05, 3.63) is 35.9 Å². The van der Waals surface area contributed by atoms with Crippen molar-refractivity contribution in [3.8, 4) is 0 Å². The highest BCUT2D eigenvalue weighted by Crippen LogP contribution is 2.15. The maximum atomic E-state index is 2.58. The van der Waals surface area contributed by atoms with Gasteiger partial charge in [-0.05, 0) is 30.9 Å². The van der Waals surface area contributed by atoms with Gasteiger partial charge >= 0.3 is 0 Å². The van der Waals surface area contributed by atoms with Gasteiger partial charge in [-0.25, -0.2) is 0 Å². The fraction of sp³-hybridized carbons (Fsp3) is 0.538. The number of hydrogen-bond acceptors (Lipinski definition) is 1. The molecular formula is C13H19N. The molecule has 1 heteroatoms. The largest absolute Gasteiger partial charge is 0.303 e. The van der Waals surface area contributed by atoms with E-state index < -0.39 is 0 Å². The highest BCUT2D eigenvalue weighted by Gasteiger charge is 2.17. The zero-order chi connectivity index (χ0) is 9.80. The second-order valence-corrected chi connectivity index (χ2v) is 4.43. The molecule has 1 atom stereocenters. The summed E-state index contributed by atoms with van der Waals surface area (Å²) >= 11 is 0. The monoisotopic (exact) mass is 189 g/mol. The highest BCUT2D eigenvalue weighted by atomic mass is 15.1. The van der Waals surface area contributed by atoms with Gasteiger partial charge in [0, 0.05) is 13.1 Å². The molecule has 1 aliphatic heterocycles. The standard InChI is InChI=1S/C13H19N/c1-12-7-9-14(11-12)10-8-13-5-3-2-4-6-13/h2-6,12H,7-11H2,1H3. The van der Waals surface area contributed by atoms with Crippen molar-refractivity contribution in [3.63, 3.8) is 0 Å². The van der Waals surface area contributed by atoms with Gasteiger partial charge in [0.1, 0.15) is 0 Å². The smallest absolute Gasteiger partial charge is 0.00219 e. The maximum absolute atomic E-state index is 2.58. The van der Waals surface area contributed by atoms with E-state index in [1.807, 2.05) is 0 Å². The van der Waals surface area contributed by atoms with Crippen LogP contribution in [0.15, 0.2) is 30.3 Å². The zero-order valence-electron chi connectivity index (χ0n) is 8.95. The van der Waals surface area contributed by atoms with Gasteiger partial charge in [-0.3, -0.25) is 0 Å². The number of likely N-dealkylation sites (tertiary alicyclic amines) is 1. The minimum atomic E-state index is 0.908. The van der Waals surface area contributed by atoms with E-state index in [9.17, 15) is 0 Å². The fourth-order valence-electron chi connectivity index (χ4n) is 2.16. The highest BCUT2D eigenvalue weighted by molar-refractivity contribution is 5.14. The van der Waals surface area contributed by atoms with E-state index in [1.54, 1.807) is 0 Å². The molecule has 0 aromatic heterocycles. The van der Waals surface area contributed by atoms with Crippen LogP contribution in [-0.2, 0) is 6.42 Å². The summed E-state index contributed by atoms with van der Waals surface area (Å²) in [6.45, 7) is 6.18. The Balaban J connectivity index is 1.78. The molecule has 1 heterocycles. The predicted molar refractivity (Wildman–Crippen MR) is 60.4 cm³/mol. The first-order chi connectivity index (χ1) is 6.84. The summed E-state index contributed by atoms with van der Waals surface area (Å²) in [5.74, 6) is 0.908. The van der Waals surface area contributed by atoms with Crippen LogP contribution in [0.3, 0.4) is 0 Å². The molecule has 1 nitrogen and oxygen atoms in total. The summed E-state index contributed by atoms with van der Waals surface area (Å²) in [6, 6.07) is 10.8. The van der Waals surface area contributed by atoms with E-state index in [2.05, 4.69) is 42.2 Å². The van der Waals surface area contributed by atoms with Crippen LogP contribution in [0.1, 0.15) is 18.9 Å². The molecule has 14 heavy (non-hydrogen) atoms. The second kappa shape index (κ2) is 4.61. The Bertz CT molecular complexity index is 268. The molecule has 0 amide bonds. The van der Waals surface area contributed by atoms with E-state index in [0.717, 1.165) is 5.92 Å². The quantitative estimate of drug-likeness (QED) is 0.706. The fourth-order valence-corrected chi connectivity index (χ4v) is 2.16. The van der Waals surface area contributed by atoms with E-state index in [4.69, 9.17) is 0 Å². The molecule has 1 aromatic rings. The van der Waals surface area contributed by atoms with Crippen LogP contribution in [0.25, 0.3) is 0 Å². The number of benzene rings is 1. The third kappa shape index (κ3) is 2.58. The average molecular weight is 189 g/mol. The van der Waals surface area contributed by atoms with Crippen LogP contribution in [0, 0.1) is 5.92 Å². The van der Waals surface area contributed by atoms with Crippen molar-refractivity contribution >= 4 is 0 Å². The molecule has 0 radical (unpaired) electrons. The molecule has 1 unspecified atom stereocenters. The van der Waals surface area contributed by atoms with Crippen molar-refractivity contribution in [1.29, 1.82) is 0 Å². The Morgan fingerprint density at radius 1 is 1.29 bits per heavy atom. The second-order valence-electron chi connectivity index (χ2n) is 4.43. The summed E-state index contributed by atoms with van der Waals surface area (Å²) in [7, 11) is 0. The maximum Gasteiger partial charge on any atom is 0.00219 e. The Hall–Kier alpha value is -0.820. The van der Waals surface area contributed by atoms with Crippen molar-refractivity contribution in [1.82, 2.24) is 4.90 Å². The third-order valence-electron chi connectivity index (χ3n) is 3.07. The first-order valence-electron chi connectivity index (χ1n) is 5.61. The summed E-state index contributed by atoms with van der Waals surface area (Å²) in [5.41, 5.74) is 1.46. The normalized spacial score (nSPS) is 22.8. The van der Waals surface area contributed by atoms with E-state index in [-0.39, 0.29) is 0 Å². The molecule has 1 aliphatic rings. The summed E-state index contributed by atoms with van der Waals surface area (Å²) in [5, 5.41) is 0. The van der Waals surface area contributed by atoms with Crippen LogP contribution in [0.2, 0.25) is 0 Å². The van der Waals surface area contributed by atoms with Crippen LogP contribution in [0.5, 0.6) is 0 Å². The van der Waals surface area contributed by atoms with Crippen molar-refractivity contribution in [2.45, 2.75) is 19.8 Å². The molecule has 0 bridgehead atoms. The lowest BCUT2D eigenvalue weighted by Gasteiger charge is -2.14. The van der Waals surface area contributed by atoms with Gasteiger partial charge in [0.05, 0.1) is 0 Å². The van der Waals surface area contributed by atoms with Crippen LogP contribution < -0.4 is 0 Å². The Labute approximate surface area is 86.7 Å². The summed E-state index contributed by atoms with van der Waals surface area (Å²) < 4.78 is 0. The van der Waals surface area contributed by atoms with Crippen LogP contribution >= 0.6 is 0 Å². The van der Waals surface area contributed by atoms with Crippen molar-refractivity contribution in [2.75, 3.05) is 19.6 Å². The summed E-state index contributed by atoms with van der Waals surface area (Å²) in [4.78, 5) is 2.58. The number of rotatable bonds is 3. The van der Waals surface area contributed by atoms with E-state index in [1.165, 1.54) is 38.0 Å². The number of nitrogens with zero attached hydrogens (tertiary/aromatic N) is 1. The lowest BCUT2D eigenvalue weighted by Crippen LogP contribution is -2.22. The number of hydrogen-bond donors (Lipinski definition) is 0. The zero-order valence-corrected chi connectivity index (χ0v) is 8.95. The van der Waals surface area contributed by atoms with Gasteiger partial charge < -0.3 is 4.90 Å². The van der Waals surface area contributed by atoms with Crippen molar-refractivity contribution in [2.24, 2.45) is 5.92 Å². The Kier molecular flexibility index (Phi) is 3.20. The van der Waals surface area contributed by atoms with Gasteiger partial charge in [-0.15, -0.1) is 0 Å². The van der Waals surface area contributed by atoms with E-state index >= 15 is 0 Å². The SMILES string of the molecule is CC1CCN(CCc2ccccc2)C1. The van der Waals surface area contributed by atoms with Crippen LogP contribution in [0.4, 0.5) is 0 Å². The van der Waals surface area contributed by atoms with E-state index in [0.29, 0.717) is 0 Å². The molecule has 76 valence electrons. The van der Waals surface area contributed by atoms with Gasteiger partial charge in [0.25, 0.3) is 0 Å². The lowest BCUT2D eigenvalue weighted by atomic mass is 10.1. The molecule has 0 N–H and O–H groups in total. The first-order valence-corrected chi connectivity index (χ1v) is 5.61. The first kappa shape index (κ1) is 9.72. The third-order valence-corrected chi connectivity index (χ3v) is 3.07. The molecule has 2 rings (SSSR count). The molecular weight excluding hydrogens is 170 g/mol. The van der Waals surface area contributed by atoms with Gasteiger partial charge in [0.2, 0.25) is 0 Å². The van der Waals surface area contributed by atoms with Crippen molar-refractivity contribution < 1.29 is 0 Å². The van der Waals surface area contributed by atoms with Gasteiger partial charge in [-0.1, -0.05) is 37.3 Å². The average Bonchev–Trinajstić information content (AvgIpc) is 2.63. The van der Waals surface area contributed by atoms with Gasteiger partial charge in [0.15, 0.2) is 0 Å². The molecule has 1 saturated heterocycles. The molecule has 0 aliphatic carbocycles. The molecule has 1 aromatic carbocycles. The Morgan fingerprint density at radius 3 is 2.71 bits per heavy atom.